The molecule has 2 amide bonds. The lowest BCUT2D eigenvalue weighted by atomic mass is 10.1. The first-order valence-corrected chi connectivity index (χ1v) is 6.57. The Morgan fingerprint density at radius 2 is 2.17 bits per heavy atom. The molecule has 0 saturated carbocycles. The SMILES string of the molecule is CC(CCCNC(=O)N1CCCNCC1)C(=O)O. The fraction of sp³-hybridized carbons (Fsp3) is 0.833. The van der Waals surface area contributed by atoms with Crippen molar-refractivity contribution in [3.05, 3.63) is 0 Å². The van der Waals surface area contributed by atoms with Gasteiger partial charge in [0.15, 0.2) is 0 Å². The lowest BCUT2D eigenvalue weighted by Crippen LogP contribution is -2.42. The lowest BCUT2D eigenvalue weighted by molar-refractivity contribution is -0.141. The first-order valence-electron chi connectivity index (χ1n) is 6.57. The van der Waals surface area contributed by atoms with Crippen LogP contribution in [0.15, 0.2) is 0 Å². The van der Waals surface area contributed by atoms with E-state index in [1.807, 2.05) is 0 Å². The van der Waals surface area contributed by atoms with Gasteiger partial charge in [-0.05, 0) is 25.8 Å². The zero-order valence-electron chi connectivity index (χ0n) is 10.9. The van der Waals surface area contributed by atoms with E-state index in [1.54, 1.807) is 11.8 Å². The minimum absolute atomic E-state index is 0.0401. The van der Waals surface area contributed by atoms with E-state index >= 15 is 0 Å². The number of urea groups is 1. The molecule has 6 heteroatoms. The molecule has 18 heavy (non-hydrogen) atoms. The second-order valence-electron chi connectivity index (χ2n) is 4.70. The molecule has 0 radical (unpaired) electrons. The van der Waals surface area contributed by atoms with Gasteiger partial charge in [0, 0.05) is 26.2 Å². The Bertz CT molecular complexity index is 276. The number of aliphatic carboxylic acids is 1. The Labute approximate surface area is 108 Å². The van der Waals surface area contributed by atoms with Crippen LogP contribution in [0.25, 0.3) is 0 Å². The summed E-state index contributed by atoms with van der Waals surface area (Å²) >= 11 is 0. The zero-order chi connectivity index (χ0) is 13.4. The van der Waals surface area contributed by atoms with Crippen LogP contribution in [-0.2, 0) is 4.79 Å². The molecule has 1 fully saturated rings. The van der Waals surface area contributed by atoms with Gasteiger partial charge >= 0.3 is 12.0 Å². The second kappa shape index (κ2) is 7.92. The third kappa shape index (κ3) is 5.35. The van der Waals surface area contributed by atoms with Crippen molar-refractivity contribution >= 4 is 12.0 Å². The number of rotatable bonds is 5. The van der Waals surface area contributed by atoms with Gasteiger partial charge in [-0.3, -0.25) is 4.79 Å². The maximum Gasteiger partial charge on any atom is 0.317 e. The van der Waals surface area contributed by atoms with E-state index in [2.05, 4.69) is 10.6 Å². The van der Waals surface area contributed by atoms with Gasteiger partial charge in [0.25, 0.3) is 0 Å². The van der Waals surface area contributed by atoms with Crippen molar-refractivity contribution in [3.8, 4) is 0 Å². The van der Waals surface area contributed by atoms with Crippen molar-refractivity contribution < 1.29 is 14.7 Å². The largest absolute Gasteiger partial charge is 0.481 e. The Balaban J connectivity index is 2.14. The van der Waals surface area contributed by atoms with Gasteiger partial charge in [-0.1, -0.05) is 6.92 Å². The number of carboxylic acids is 1. The molecule has 1 heterocycles. The molecule has 1 saturated heterocycles. The Kier molecular flexibility index (Phi) is 6.49. The predicted octanol–water partition coefficient (Wildman–Crippen LogP) is 0.492. The summed E-state index contributed by atoms with van der Waals surface area (Å²) in [6.07, 6.45) is 2.27. The van der Waals surface area contributed by atoms with Gasteiger partial charge in [-0.25, -0.2) is 4.79 Å². The number of hydrogen-bond donors (Lipinski definition) is 3. The fourth-order valence-corrected chi connectivity index (χ4v) is 1.89. The molecular weight excluding hydrogens is 234 g/mol. The van der Waals surface area contributed by atoms with Gasteiger partial charge in [-0.2, -0.15) is 0 Å². The molecule has 104 valence electrons. The fourth-order valence-electron chi connectivity index (χ4n) is 1.89. The number of carbonyl (C=O) groups is 2. The van der Waals surface area contributed by atoms with Crippen molar-refractivity contribution in [1.29, 1.82) is 0 Å². The van der Waals surface area contributed by atoms with Crippen LogP contribution in [0.1, 0.15) is 26.2 Å². The van der Waals surface area contributed by atoms with E-state index in [4.69, 9.17) is 5.11 Å². The van der Waals surface area contributed by atoms with Crippen LogP contribution in [0.4, 0.5) is 4.79 Å². The maximum absolute atomic E-state index is 11.8. The van der Waals surface area contributed by atoms with E-state index < -0.39 is 5.97 Å². The summed E-state index contributed by atoms with van der Waals surface area (Å²) in [5.74, 6) is -1.12. The molecule has 1 aliphatic heterocycles. The van der Waals surface area contributed by atoms with Crippen LogP contribution >= 0.6 is 0 Å². The number of carbonyl (C=O) groups excluding carboxylic acids is 1. The average Bonchev–Trinajstić information content (AvgIpc) is 2.62. The monoisotopic (exact) mass is 257 g/mol. The normalized spacial score (nSPS) is 17.9. The molecule has 3 N–H and O–H groups in total. The highest BCUT2D eigenvalue weighted by atomic mass is 16.4. The van der Waals surface area contributed by atoms with Crippen molar-refractivity contribution in [2.24, 2.45) is 5.92 Å². The number of nitrogens with one attached hydrogen (secondary N) is 2. The topological polar surface area (TPSA) is 81.7 Å². The molecule has 0 aromatic heterocycles. The summed E-state index contributed by atoms with van der Waals surface area (Å²) in [7, 11) is 0. The minimum atomic E-state index is -0.778. The van der Waals surface area contributed by atoms with Crippen LogP contribution in [0.2, 0.25) is 0 Å². The standard InChI is InChI=1S/C12H23N3O3/c1-10(11(16)17)4-2-6-14-12(18)15-8-3-5-13-7-9-15/h10,13H,2-9H2,1H3,(H,14,18)(H,16,17). The molecule has 0 bridgehead atoms. The van der Waals surface area contributed by atoms with E-state index in [9.17, 15) is 9.59 Å². The summed E-state index contributed by atoms with van der Waals surface area (Å²) in [6, 6.07) is -0.0401. The van der Waals surface area contributed by atoms with Crippen molar-refractivity contribution in [3.63, 3.8) is 0 Å². The van der Waals surface area contributed by atoms with Crippen molar-refractivity contribution in [1.82, 2.24) is 15.5 Å². The van der Waals surface area contributed by atoms with Crippen LogP contribution in [0.3, 0.4) is 0 Å². The molecule has 0 aromatic carbocycles. The summed E-state index contributed by atoms with van der Waals surface area (Å²) in [5.41, 5.74) is 0. The lowest BCUT2D eigenvalue weighted by Gasteiger charge is -2.20. The number of carboxylic acid groups (broad SMARTS) is 1. The Morgan fingerprint density at radius 1 is 1.39 bits per heavy atom. The zero-order valence-corrected chi connectivity index (χ0v) is 10.9. The van der Waals surface area contributed by atoms with Gasteiger partial charge < -0.3 is 20.6 Å². The molecule has 1 atom stereocenters. The average molecular weight is 257 g/mol. The summed E-state index contributed by atoms with van der Waals surface area (Å²) in [4.78, 5) is 24.2. The van der Waals surface area contributed by atoms with Crippen molar-refractivity contribution in [2.45, 2.75) is 26.2 Å². The number of hydrogen-bond acceptors (Lipinski definition) is 3. The predicted molar refractivity (Wildman–Crippen MR) is 68.5 cm³/mol. The highest BCUT2D eigenvalue weighted by Crippen LogP contribution is 2.04. The van der Waals surface area contributed by atoms with Gasteiger partial charge in [0.05, 0.1) is 5.92 Å². The molecule has 6 nitrogen and oxygen atoms in total. The van der Waals surface area contributed by atoms with Crippen LogP contribution in [-0.4, -0.2) is 54.7 Å². The first-order chi connectivity index (χ1) is 8.61. The highest BCUT2D eigenvalue weighted by Gasteiger charge is 2.15. The Hall–Kier alpha value is -1.30. The van der Waals surface area contributed by atoms with E-state index in [0.717, 1.165) is 32.6 Å². The van der Waals surface area contributed by atoms with E-state index in [1.165, 1.54) is 0 Å². The Morgan fingerprint density at radius 3 is 2.89 bits per heavy atom. The summed E-state index contributed by atoms with van der Waals surface area (Å²) in [6.45, 7) is 5.54. The molecule has 0 aromatic rings. The third-order valence-corrected chi connectivity index (χ3v) is 3.14. The summed E-state index contributed by atoms with van der Waals surface area (Å²) in [5, 5.41) is 14.8. The molecule has 1 unspecified atom stereocenters. The van der Waals surface area contributed by atoms with E-state index in [0.29, 0.717) is 19.4 Å². The minimum Gasteiger partial charge on any atom is -0.481 e. The van der Waals surface area contributed by atoms with Crippen molar-refractivity contribution in [2.75, 3.05) is 32.7 Å². The van der Waals surface area contributed by atoms with Gasteiger partial charge in [0.2, 0.25) is 0 Å². The van der Waals surface area contributed by atoms with E-state index in [-0.39, 0.29) is 11.9 Å². The van der Waals surface area contributed by atoms with Crippen LogP contribution < -0.4 is 10.6 Å². The number of amides is 2. The van der Waals surface area contributed by atoms with Gasteiger partial charge in [0.1, 0.15) is 0 Å². The molecule has 1 aliphatic rings. The maximum atomic E-state index is 11.8. The third-order valence-electron chi connectivity index (χ3n) is 3.14. The molecule has 0 spiro atoms. The number of nitrogens with zero attached hydrogens (tertiary/aromatic N) is 1. The van der Waals surface area contributed by atoms with Gasteiger partial charge in [-0.15, -0.1) is 0 Å². The van der Waals surface area contributed by atoms with Crippen LogP contribution in [0, 0.1) is 5.92 Å². The highest BCUT2D eigenvalue weighted by molar-refractivity contribution is 5.74. The molecule has 1 rings (SSSR count). The molecular formula is C12H23N3O3. The first kappa shape index (κ1) is 14.8. The second-order valence-corrected chi connectivity index (χ2v) is 4.70. The quantitative estimate of drug-likeness (QED) is 0.626. The molecule has 0 aliphatic carbocycles. The van der Waals surface area contributed by atoms with Crippen LogP contribution in [0.5, 0.6) is 0 Å². The smallest absolute Gasteiger partial charge is 0.317 e. The summed E-state index contributed by atoms with van der Waals surface area (Å²) < 4.78 is 0.